The predicted molar refractivity (Wildman–Crippen MR) is 104 cm³/mol. The highest BCUT2D eigenvalue weighted by Gasteiger charge is 2.14. The van der Waals surface area contributed by atoms with Gasteiger partial charge in [-0.1, -0.05) is 23.7 Å². The van der Waals surface area contributed by atoms with E-state index in [9.17, 15) is 15.0 Å². The minimum atomic E-state index is -1.07. The number of hydrogen-bond acceptors (Lipinski definition) is 5. The summed E-state index contributed by atoms with van der Waals surface area (Å²) in [5, 5.41) is 23.0. The van der Waals surface area contributed by atoms with E-state index in [2.05, 4.69) is 15.3 Å². The Morgan fingerprint density at radius 3 is 2.48 bits per heavy atom. The zero-order chi connectivity index (χ0) is 19.6. The number of carboxylic acids is 1. The first kappa shape index (κ1) is 18.7. The number of anilines is 2. The number of nitrogens with one attached hydrogen (secondary N) is 1. The molecule has 0 saturated carbocycles. The molecule has 0 amide bonds. The van der Waals surface area contributed by atoms with Crippen LogP contribution in [0.15, 0.2) is 42.5 Å². The van der Waals surface area contributed by atoms with Crippen LogP contribution in [0.1, 0.15) is 33.0 Å². The van der Waals surface area contributed by atoms with Crippen LogP contribution in [0.25, 0.3) is 0 Å². The van der Waals surface area contributed by atoms with Crippen molar-refractivity contribution in [2.75, 3.05) is 5.32 Å². The van der Waals surface area contributed by atoms with E-state index in [1.165, 1.54) is 18.2 Å². The number of hydrogen-bond donors (Lipinski definition) is 3. The summed E-state index contributed by atoms with van der Waals surface area (Å²) in [6, 6.07) is 11.5. The summed E-state index contributed by atoms with van der Waals surface area (Å²) in [6.07, 6.45) is 0.561. The summed E-state index contributed by atoms with van der Waals surface area (Å²) >= 11 is 5.95. The molecule has 3 rings (SSSR count). The van der Waals surface area contributed by atoms with Crippen LogP contribution in [0.3, 0.4) is 0 Å². The van der Waals surface area contributed by atoms with Crippen molar-refractivity contribution in [3.05, 3.63) is 75.7 Å². The van der Waals surface area contributed by atoms with Gasteiger partial charge < -0.3 is 15.5 Å². The number of phenolic OH excluding ortho intramolecular Hbond substituents is 1. The molecule has 3 N–H and O–H groups in total. The zero-order valence-corrected chi connectivity index (χ0v) is 15.6. The molecule has 0 aliphatic heterocycles. The van der Waals surface area contributed by atoms with Gasteiger partial charge in [-0.2, -0.15) is 0 Å². The SMILES string of the molecule is Cc1nc(C)c(Cc2ccc(Cl)cc2)c(Nc2cc(C(=O)O)ccc2O)n1. The molecule has 6 nitrogen and oxygen atoms in total. The molecule has 0 bridgehead atoms. The Hall–Kier alpha value is -3.12. The maximum atomic E-state index is 11.2. The maximum absolute atomic E-state index is 11.2. The lowest BCUT2D eigenvalue weighted by Gasteiger charge is -2.15. The molecule has 0 aliphatic rings. The highest BCUT2D eigenvalue weighted by molar-refractivity contribution is 6.30. The van der Waals surface area contributed by atoms with Crippen molar-refractivity contribution in [1.29, 1.82) is 0 Å². The number of benzene rings is 2. The maximum Gasteiger partial charge on any atom is 0.335 e. The van der Waals surface area contributed by atoms with E-state index in [0.29, 0.717) is 23.1 Å². The average Bonchev–Trinajstić information content (AvgIpc) is 2.61. The fraction of sp³-hybridized carbons (Fsp3) is 0.150. The number of aryl methyl sites for hydroxylation is 2. The van der Waals surface area contributed by atoms with E-state index in [-0.39, 0.29) is 17.0 Å². The van der Waals surface area contributed by atoms with Crippen LogP contribution < -0.4 is 5.32 Å². The van der Waals surface area contributed by atoms with Crippen LogP contribution in [0.2, 0.25) is 5.02 Å². The number of phenols is 1. The molecule has 0 aliphatic carbocycles. The van der Waals surface area contributed by atoms with E-state index in [4.69, 9.17) is 11.6 Å². The van der Waals surface area contributed by atoms with Gasteiger partial charge in [0.05, 0.1) is 11.3 Å². The quantitative estimate of drug-likeness (QED) is 0.562. The molecule has 138 valence electrons. The summed E-state index contributed by atoms with van der Waals surface area (Å²) in [7, 11) is 0. The normalized spacial score (nSPS) is 10.6. The van der Waals surface area contributed by atoms with E-state index >= 15 is 0 Å². The van der Waals surface area contributed by atoms with Crippen molar-refractivity contribution in [2.45, 2.75) is 20.3 Å². The largest absolute Gasteiger partial charge is 0.506 e. The summed E-state index contributed by atoms with van der Waals surface area (Å²) in [4.78, 5) is 20.1. The Balaban J connectivity index is 2.01. The molecular formula is C20H18ClN3O3. The van der Waals surface area contributed by atoms with Crippen molar-refractivity contribution in [3.63, 3.8) is 0 Å². The van der Waals surface area contributed by atoms with Gasteiger partial charge in [-0.3, -0.25) is 0 Å². The zero-order valence-electron chi connectivity index (χ0n) is 14.8. The lowest BCUT2D eigenvalue weighted by molar-refractivity contribution is 0.0697. The number of aromatic carboxylic acids is 1. The second-order valence-electron chi connectivity index (χ2n) is 6.15. The van der Waals surface area contributed by atoms with Gasteiger partial charge in [0.2, 0.25) is 0 Å². The van der Waals surface area contributed by atoms with Gasteiger partial charge in [0.15, 0.2) is 0 Å². The first-order chi connectivity index (χ1) is 12.8. The molecule has 27 heavy (non-hydrogen) atoms. The van der Waals surface area contributed by atoms with Crippen LogP contribution in [0.4, 0.5) is 11.5 Å². The summed E-state index contributed by atoms with van der Waals surface area (Å²) in [5.74, 6) is -0.0441. The lowest BCUT2D eigenvalue weighted by Crippen LogP contribution is -2.07. The minimum Gasteiger partial charge on any atom is -0.506 e. The highest BCUT2D eigenvalue weighted by atomic mass is 35.5. The van der Waals surface area contributed by atoms with Gasteiger partial charge in [-0.25, -0.2) is 14.8 Å². The van der Waals surface area contributed by atoms with E-state index in [0.717, 1.165) is 16.8 Å². The Bertz CT molecular complexity index is 1000. The molecule has 2 aromatic carbocycles. The molecule has 0 unspecified atom stereocenters. The van der Waals surface area contributed by atoms with E-state index in [1.54, 1.807) is 6.92 Å². The highest BCUT2D eigenvalue weighted by Crippen LogP contribution is 2.30. The molecule has 0 spiro atoms. The Labute approximate surface area is 161 Å². The number of rotatable bonds is 5. The topological polar surface area (TPSA) is 95.3 Å². The van der Waals surface area contributed by atoms with Crippen LogP contribution in [-0.2, 0) is 6.42 Å². The molecule has 0 radical (unpaired) electrons. The first-order valence-electron chi connectivity index (χ1n) is 8.25. The van der Waals surface area contributed by atoms with Crippen molar-refractivity contribution < 1.29 is 15.0 Å². The Kier molecular flexibility index (Phi) is 5.28. The van der Waals surface area contributed by atoms with Crippen LogP contribution >= 0.6 is 11.6 Å². The van der Waals surface area contributed by atoms with Gasteiger partial charge in [0, 0.05) is 22.7 Å². The molecular weight excluding hydrogens is 366 g/mol. The van der Waals surface area contributed by atoms with Gasteiger partial charge >= 0.3 is 5.97 Å². The fourth-order valence-corrected chi connectivity index (χ4v) is 2.88. The monoisotopic (exact) mass is 383 g/mol. The van der Waals surface area contributed by atoms with Gasteiger partial charge in [0.25, 0.3) is 0 Å². The smallest absolute Gasteiger partial charge is 0.335 e. The van der Waals surface area contributed by atoms with Gasteiger partial charge in [-0.15, -0.1) is 0 Å². The average molecular weight is 384 g/mol. The number of carbonyl (C=O) groups is 1. The van der Waals surface area contributed by atoms with Crippen molar-refractivity contribution in [1.82, 2.24) is 9.97 Å². The van der Waals surface area contributed by atoms with Crippen LogP contribution in [0.5, 0.6) is 5.75 Å². The van der Waals surface area contributed by atoms with Gasteiger partial charge in [-0.05, 0) is 49.7 Å². The number of aromatic hydroxyl groups is 1. The Morgan fingerprint density at radius 2 is 1.81 bits per heavy atom. The standard InChI is InChI=1S/C20H18ClN3O3/c1-11-16(9-13-3-6-15(21)7-4-13)19(23-12(2)22-11)24-17-10-14(20(26)27)5-8-18(17)25/h3-8,10,25H,9H2,1-2H3,(H,26,27)(H,22,23,24). The number of nitrogens with zero attached hydrogens (tertiary/aromatic N) is 2. The third-order valence-corrected chi connectivity index (χ3v) is 4.37. The number of carboxylic acid groups (broad SMARTS) is 1. The van der Waals surface area contributed by atoms with Crippen LogP contribution in [-0.4, -0.2) is 26.2 Å². The number of aromatic nitrogens is 2. The molecule has 3 aromatic rings. The first-order valence-corrected chi connectivity index (χ1v) is 8.63. The van der Waals surface area contributed by atoms with Crippen molar-refractivity contribution in [2.24, 2.45) is 0 Å². The second-order valence-corrected chi connectivity index (χ2v) is 6.59. The summed E-state index contributed by atoms with van der Waals surface area (Å²) < 4.78 is 0. The minimum absolute atomic E-state index is 0.0636. The number of halogens is 1. The summed E-state index contributed by atoms with van der Waals surface area (Å²) in [6.45, 7) is 3.66. The third-order valence-electron chi connectivity index (χ3n) is 4.12. The molecule has 1 heterocycles. The fourth-order valence-electron chi connectivity index (χ4n) is 2.75. The Morgan fingerprint density at radius 1 is 1.11 bits per heavy atom. The lowest BCUT2D eigenvalue weighted by atomic mass is 10.0. The second kappa shape index (κ2) is 7.63. The van der Waals surface area contributed by atoms with Crippen LogP contribution in [0, 0.1) is 13.8 Å². The summed E-state index contributed by atoms with van der Waals surface area (Å²) in [5.41, 5.74) is 3.01. The van der Waals surface area contributed by atoms with E-state index in [1.807, 2.05) is 31.2 Å². The van der Waals surface area contributed by atoms with E-state index < -0.39 is 5.97 Å². The molecule has 0 fully saturated rings. The predicted octanol–water partition coefficient (Wildman–Crippen LogP) is 4.49. The molecule has 0 saturated heterocycles. The molecule has 1 aromatic heterocycles. The van der Waals surface area contributed by atoms with Crippen molar-refractivity contribution >= 4 is 29.1 Å². The molecule has 0 atom stereocenters. The van der Waals surface area contributed by atoms with Gasteiger partial charge in [0.1, 0.15) is 17.4 Å². The molecule has 7 heteroatoms. The van der Waals surface area contributed by atoms with Crippen molar-refractivity contribution in [3.8, 4) is 5.75 Å². The third kappa shape index (κ3) is 4.35.